The van der Waals surface area contributed by atoms with Gasteiger partial charge < -0.3 is 5.32 Å². The highest BCUT2D eigenvalue weighted by atomic mass is 35.5. The highest BCUT2D eigenvalue weighted by Gasteiger charge is 2.46. The van der Waals surface area contributed by atoms with Gasteiger partial charge in [-0.3, -0.25) is 9.59 Å². The summed E-state index contributed by atoms with van der Waals surface area (Å²) in [6, 6.07) is 7.35. The van der Waals surface area contributed by atoms with Crippen LogP contribution in [0.3, 0.4) is 0 Å². The predicted molar refractivity (Wildman–Crippen MR) is 61.2 cm³/mol. The first kappa shape index (κ1) is 11.1. The minimum absolute atomic E-state index is 0.340. The molecule has 1 amide bonds. The van der Waals surface area contributed by atoms with Crippen molar-refractivity contribution in [3.63, 3.8) is 0 Å². The van der Waals surface area contributed by atoms with E-state index in [4.69, 9.17) is 11.6 Å². The second-order valence-corrected chi connectivity index (χ2v) is 4.54. The van der Waals surface area contributed by atoms with E-state index in [0.717, 1.165) is 18.4 Å². The predicted octanol–water partition coefficient (Wildman–Crippen LogP) is 2.03. The zero-order valence-electron chi connectivity index (χ0n) is 8.92. The topological polar surface area (TPSA) is 46.2 Å². The maximum absolute atomic E-state index is 11.4. The lowest BCUT2D eigenvalue weighted by molar-refractivity contribution is -0.137. The summed E-state index contributed by atoms with van der Waals surface area (Å²) >= 11 is 5.80. The number of amides is 1. The number of hydrogen-bond donors (Lipinski definition) is 1. The largest absolute Gasteiger partial charge is 0.340 e. The van der Waals surface area contributed by atoms with E-state index in [1.807, 2.05) is 12.1 Å². The number of Topliss-reactive ketones (excluding diaryl/α,β-unsaturated/α-hetero) is 1. The maximum Gasteiger partial charge on any atom is 0.287 e. The van der Waals surface area contributed by atoms with Crippen molar-refractivity contribution in [1.29, 1.82) is 0 Å². The van der Waals surface area contributed by atoms with Gasteiger partial charge in [0.05, 0.1) is 5.54 Å². The highest BCUT2D eigenvalue weighted by molar-refractivity contribution is 6.35. The summed E-state index contributed by atoms with van der Waals surface area (Å²) in [7, 11) is 0. The van der Waals surface area contributed by atoms with Crippen LogP contribution in [0.5, 0.6) is 0 Å². The van der Waals surface area contributed by atoms with E-state index in [1.54, 1.807) is 12.1 Å². The Morgan fingerprint density at radius 2 is 1.81 bits per heavy atom. The number of carbonyl (C=O) groups is 2. The van der Waals surface area contributed by atoms with Gasteiger partial charge in [-0.25, -0.2) is 0 Å². The summed E-state index contributed by atoms with van der Waals surface area (Å²) in [6.07, 6.45) is 1.74. The Hall–Kier alpha value is -1.35. The van der Waals surface area contributed by atoms with E-state index in [2.05, 4.69) is 5.32 Å². The van der Waals surface area contributed by atoms with Crippen LogP contribution in [-0.4, -0.2) is 11.7 Å². The van der Waals surface area contributed by atoms with Crippen LogP contribution in [0, 0.1) is 0 Å². The molecule has 2 rings (SSSR count). The Kier molecular flexibility index (Phi) is 2.72. The van der Waals surface area contributed by atoms with Gasteiger partial charge in [-0.15, -0.1) is 0 Å². The van der Waals surface area contributed by atoms with Crippen molar-refractivity contribution >= 4 is 23.3 Å². The molecule has 4 heteroatoms. The normalized spacial score (nSPS) is 16.6. The summed E-state index contributed by atoms with van der Waals surface area (Å²) in [6.45, 7) is 1.27. The standard InChI is InChI=1S/C12H12ClNO2/c1-8(15)11(16)14-12(6-7-12)9-2-4-10(13)5-3-9/h2-5H,6-7H2,1H3,(H,14,16). The van der Waals surface area contributed by atoms with Crippen molar-refractivity contribution in [3.8, 4) is 0 Å². The van der Waals surface area contributed by atoms with Crippen LogP contribution in [0.1, 0.15) is 25.3 Å². The van der Waals surface area contributed by atoms with Crippen LogP contribution in [0.2, 0.25) is 5.02 Å². The third-order valence-electron chi connectivity index (χ3n) is 2.82. The summed E-state index contributed by atoms with van der Waals surface area (Å²) in [5, 5.41) is 3.44. The summed E-state index contributed by atoms with van der Waals surface area (Å²) < 4.78 is 0. The summed E-state index contributed by atoms with van der Waals surface area (Å²) in [4.78, 5) is 22.3. The molecule has 1 aromatic rings. The van der Waals surface area contributed by atoms with Crippen LogP contribution in [0.15, 0.2) is 24.3 Å². The van der Waals surface area contributed by atoms with Gasteiger partial charge in [-0.05, 0) is 30.5 Å². The average Bonchev–Trinajstić information content (AvgIpc) is 2.99. The van der Waals surface area contributed by atoms with Gasteiger partial charge in [0.1, 0.15) is 0 Å². The van der Waals surface area contributed by atoms with E-state index >= 15 is 0 Å². The third-order valence-corrected chi connectivity index (χ3v) is 3.07. The fourth-order valence-corrected chi connectivity index (χ4v) is 1.81. The Bertz CT molecular complexity index is 435. The molecule has 0 unspecified atom stereocenters. The molecular weight excluding hydrogens is 226 g/mol. The monoisotopic (exact) mass is 237 g/mol. The molecule has 0 atom stereocenters. The van der Waals surface area contributed by atoms with E-state index in [-0.39, 0.29) is 5.54 Å². The Labute approximate surface area is 98.8 Å². The fourth-order valence-electron chi connectivity index (χ4n) is 1.69. The molecule has 1 aliphatic carbocycles. The van der Waals surface area contributed by atoms with E-state index < -0.39 is 11.7 Å². The van der Waals surface area contributed by atoms with E-state index in [9.17, 15) is 9.59 Å². The van der Waals surface area contributed by atoms with Gasteiger partial charge in [0.15, 0.2) is 0 Å². The number of halogens is 1. The Balaban J connectivity index is 2.17. The minimum Gasteiger partial charge on any atom is -0.340 e. The molecule has 84 valence electrons. The van der Waals surface area contributed by atoms with E-state index in [1.165, 1.54) is 6.92 Å². The molecule has 1 saturated carbocycles. The first-order chi connectivity index (χ1) is 7.53. The van der Waals surface area contributed by atoms with Crippen molar-refractivity contribution in [2.24, 2.45) is 0 Å². The SMILES string of the molecule is CC(=O)C(=O)NC1(c2ccc(Cl)cc2)CC1. The van der Waals surface area contributed by atoms with Crippen molar-refractivity contribution in [2.45, 2.75) is 25.3 Å². The zero-order valence-corrected chi connectivity index (χ0v) is 9.67. The first-order valence-electron chi connectivity index (χ1n) is 5.13. The highest BCUT2D eigenvalue weighted by Crippen LogP contribution is 2.45. The molecule has 0 spiro atoms. The maximum atomic E-state index is 11.4. The molecule has 1 fully saturated rings. The van der Waals surface area contributed by atoms with Crippen LogP contribution in [0.25, 0.3) is 0 Å². The quantitative estimate of drug-likeness (QED) is 0.818. The van der Waals surface area contributed by atoms with Crippen LogP contribution in [-0.2, 0) is 15.1 Å². The Morgan fingerprint density at radius 3 is 2.25 bits per heavy atom. The molecule has 0 aromatic heterocycles. The summed E-state index contributed by atoms with van der Waals surface area (Å²) in [5.41, 5.74) is 0.666. The molecule has 0 aliphatic heterocycles. The lowest BCUT2D eigenvalue weighted by atomic mass is 10.0. The molecule has 0 radical (unpaired) electrons. The van der Waals surface area contributed by atoms with Gasteiger partial charge in [0, 0.05) is 11.9 Å². The van der Waals surface area contributed by atoms with Crippen molar-refractivity contribution in [2.75, 3.05) is 0 Å². The molecule has 16 heavy (non-hydrogen) atoms. The molecule has 0 bridgehead atoms. The lowest BCUT2D eigenvalue weighted by Crippen LogP contribution is -2.38. The number of nitrogens with one attached hydrogen (secondary N) is 1. The van der Waals surface area contributed by atoms with Gasteiger partial charge in [0.2, 0.25) is 5.78 Å². The second kappa shape index (κ2) is 3.91. The number of carbonyl (C=O) groups excluding carboxylic acids is 2. The number of rotatable bonds is 3. The van der Waals surface area contributed by atoms with Gasteiger partial charge in [0.25, 0.3) is 5.91 Å². The van der Waals surface area contributed by atoms with Crippen molar-refractivity contribution in [1.82, 2.24) is 5.32 Å². The lowest BCUT2D eigenvalue weighted by Gasteiger charge is -2.16. The summed E-state index contributed by atoms with van der Waals surface area (Å²) in [5.74, 6) is -0.979. The number of hydrogen-bond acceptors (Lipinski definition) is 2. The number of benzene rings is 1. The molecule has 3 nitrogen and oxygen atoms in total. The molecule has 1 aliphatic rings. The minimum atomic E-state index is -0.521. The number of ketones is 1. The molecular formula is C12H12ClNO2. The molecule has 1 aromatic carbocycles. The molecule has 0 heterocycles. The van der Waals surface area contributed by atoms with Crippen LogP contribution in [0.4, 0.5) is 0 Å². The average molecular weight is 238 g/mol. The Morgan fingerprint density at radius 1 is 1.25 bits per heavy atom. The van der Waals surface area contributed by atoms with E-state index in [0.29, 0.717) is 5.02 Å². The van der Waals surface area contributed by atoms with Gasteiger partial charge >= 0.3 is 0 Å². The third kappa shape index (κ3) is 2.09. The first-order valence-corrected chi connectivity index (χ1v) is 5.50. The van der Waals surface area contributed by atoms with Gasteiger partial charge in [-0.1, -0.05) is 23.7 Å². The van der Waals surface area contributed by atoms with Crippen molar-refractivity contribution < 1.29 is 9.59 Å². The van der Waals surface area contributed by atoms with Crippen LogP contribution < -0.4 is 5.32 Å². The second-order valence-electron chi connectivity index (χ2n) is 4.10. The van der Waals surface area contributed by atoms with Gasteiger partial charge in [-0.2, -0.15) is 0 Å². The molecule has 0 saturated heterocycles. The van der Waals surface area contributed by atoms with Crippen molar-refractivity contribution in [3.05, 3.63) is 34.9 Å². The zero-order chi connectivity index (χ0) is 11.8. The molecule has 1 N–H and O–H groups in total. The van der Waals surface area contributed by atoms with Crippen LogP contribution >= 0.6 is 11.6 Å². The fraction of sp³-hybridized carbons (Fsp3) is 0.333. The smallest absolute Gasteiger partial charge is 0.287 e.